The van der Waals surface area contributed by atoms with Gasteiger partial charge in [0.15, 0.2) is 0 Å². The van der Waals surface area contributed by atoms with Crippen molar-refractivity contribution in [1.29, 1.82) is 0 Å². The van der Waals surface area contributed by atoms with E-state index in [0.717, 1.165) is 10.8 Å². The summed E-state index contributed by atoms with van der Waals surface area (Å²) in [4.78, 5) is 20.7. The average molecular weight is 274 g/mol. The molecule has 0 aromatic heterocycles. The molecule has 0 aliphatic heterocycles. The predicted octanol–water partition coefficient (Wildman–Crippen LogP) is 2.87. The SMILES string of the molecule is C[C@H]([C@@H](C[N+](=O)[O-])c1ccc2ccccc2c1)[N+](=O)[O-]. The van der Waals surface area contributed by atoms with Gasteiger partial charge in [0.25, 0.3) is 0 Å². The van der Waals surface area contributed by atoms with Crippen LogP contribution in [0.1, 0.15) is 18.4 Å². The van der Waals surface area contributed by atoms with Crippen LogP contribution in [0.3, 0.4) is 0 Å². The largest absolute Gasteiger partial charge is 0.265 e. The Balaban J connectivity index is 2.44. The van der Waals surface area contributed by atoms with E-state index in [1.165, 1.54) is 6.92 Å². The number of nitrogens with zero attached hydrogens (tertiary/aromatic N) is 2. The van der Waals surface area contributed by atoms with Gasteiger partial charge >= 0.3 is 0 Å². The molecule has 2 aromatic carbocycles. The lowest BCUT2D eigenvalue weighted by atomic mass is 9.91. The van der Waals surface area contributed by atoms with Crippen molar-refractivity contribution >= 4 is 10.8 Å². The Bertz CT molecular complexity index is 656. The molecule has 0 aliphatic carbocycles. The summed E-state index contributed by atoms with van der Waals surface area (Å²) < 4.78 is 0. The molecule has 0 heterocycles. The second kappa shape index (κ2) is 5.64. The first kappa shape index (κ1) is 13.9. The van der Waals surface area contributed by atoms with Crippen molar-refractivity contribution in [3.05, 3.63) is 68.3 Å². The normalized spacial score (nSPS) is 13.8. The minimum atomic E-state index is -0.999. The van der Waals surface area contributed by atoms with Crippen LogP contribution in [0.5, 0.6) is 0 Å². The zero-order valence-electron chi connectivity index (χ0n) is 10.9. The van der Waals surface area contributed by atoms with Gasteiger partial charge in [0.2, 0.25) is 12.6 Å². The first-order chi connectivity index (χ1) is 9.49. The Morgan fingerprint density at radius 2 is 1.70 bits per heavy atom. The minimum Gasteiger partial charge on any atom is -0.265 e. The molecule has 0 radical (unpaired) electrons. The molecule has 6 nitrogen and oxygen atoms in total. The van der Waals surface area contributed by atoms with Crippen LogP contribution in [-0.4, -0.2) is 22.4 Å². The molecule has 0 unspecified atom stereocenters. The standard InChI is InChI=1S/C14H14N2O4/c1-10(16(19)20)14(9-15(17)18)13-7-6-11-4-2-3-5-12(11)8-13/h2-8,10,14H,9H2,1H3/t10-,14-/m1/s1. The summed E-state index contributed by atoms with van der Waals surface area (Å²) in [7, 11) is 0. The highest BCUT2D eigenvalue weighted by atomic mass is 16.6. The third-order valence-corrected chi connectivity index (χ3v) is 3.46. The summed E-state index contributed by atoms with van der Waals surface area (Å²) in [6, 6.07) is 11.9. The van der Waals surface area contributed by atoms with E-state index in [-0.39, 0.29) is 0 Å². The van der Waals surface area contributed by atoms with E-state index in [9.17, 15) is 20.2 Å². The minimum absolute atomic E-state index is 0.444. The van der Waals surface area contributed by atoms with Crippen LogP contribution in [0, 0.1) is 20.2 Å². The van der Waals surface area contributed by atoms with Gasteiger partial charge in [-0.1, -0.05) is 42.5 Å². The van der Waals surface area contributed by atoms with Crippen molar-refractivity contribution in [3.63, 3.8) is 0 Å². The van der Waals surface area contributed by atoms with Crippen molar-refractivity contribution in [2.24, 2.45) is 0 Å². The average Bonchev–Trinajstić information content (AvgIpc) is 2.43. The van der Waals surface area contributed by atoms with E-state index < -0.39 is 28.4 Å². The summed E-state index contributed by atoms with van der Waals surface area (Å²) in [6.45, 7) is 0.962. The first-order valence-corrected chi connectivity index (χ1v) is 6.23. The number of hydrogen-bond acceptors (Lipinski definition) is 4. The fourth-order valence-electron chi connectivity index (χ4n) is 2.28. The third kappa shape index (κ3) is 2.90. The summed E-state index contributed by atoms with van der Waals surface area (Å²) in [5.74, 6) is -0.732. The quantitative estimate of drug-likeness (QED) is 0.619. The van der Waals surface area contributed by atoms with E-state index in [1.807, 2.05) is 30.3 Å². The van der Waals surface area contributed by atoms with Crippen molar-refractivity contribution in [1.82, 2.24) is 0 Å². The molecule has 2 rings (SSSR count). The number of nitro groups is 2. The fourth-order valence-corrected chi connectivity index (χ4v) is 2.28. The summed E-state index contributed by atoms with van der Waals surface area (Å²) >= 11 is 0. The van der Waals surface area contributed by atoms with Gasteiger partial charge in [-0.15, -0.1) is 0 Å². The number of benzene rings is 2. The Labute approximate surface area is 115 Å². The Hall–Kier alpha value is -2.50. The molecule has 0 fully saturated rings. The fraction of sp³-hybridized carbons (Fsp3) is 0.286. The van der Waals surface area contributed by atoms with Crippen molar-refractivity contribution in [2.45, 2.75) is 18.9 Å². The molecule has 0 saturated heterocycles. The highest BCUT2D eigenvalue weighted by molar-refractivity contribution is 5.83. The van der Waals surface area contributed by atoms with E-state index in [0.29, 0.717) is 5.56 Å². The molecule has 6 heteroatoms. The van der Waals surface area contributed by atoms with Crippen LogP contribution in [0.4, 0.5) is 0 Å². The molecule has 0 N–H and O–H groups in total. The molecule has 0 saturated carbocycles. The van der Waals surface area contributed by atoms with Crippen molar-refractivity contribution in [2.75, 3.05) is 6.54 Å². The number of fused-ring (bicyclic) bond motifs is 1. The Morgan fingerprint density at radius 1 is 1.05 bits per heavy atom. The Kier molecular flexibility index (Phi) is 3.93. The molecular formula is C14H14N2O4. The maximum Gasteiger partial charge on any atom is 0.223 e. The van der Waals surface area contributed by atoms with E-state index in [4.69, 9.17) is 0 Å². The topological polar surface area (TPSA) is 86.3 Å². The van der Waals surface area contributed by atoms with Crippen LogP contribution < -0.4 is 0 Å². The maximum absolute atomic E-state index is 10.9. The smallest absolute Gasteiger partial charge is 0.223 e. The van der Waals surface area contributed by atoms with Gasteiger partial charge in [0, 0.05) is 16.8 Å². The summed E-state index contributed by atoms with van der Waals surface area (Å²) in [5, 5.41) is 23.6. The summed E-state index contributed by atoms with van der Waals surface area (Å²) in [6.07, 6.45) is 0. The van der Waals surface area contributed by atoms with Gasteiger partial charge in [-0.25, -0.2) is 0 Å². The van der Waals surface area contributed by atoms with Crippen LogP contribution in [0.25, 0.3) is 10.8 Å². The van der Waals surface area contributed by atoms with Crippen LogP contribution >= 0.6 is 0 Å². The lowest BCUT2D eigenvalue weighted by molar-refractivity contribution is -0.543. The van der Waals surface area contributed by atoms with Gasteiger partial charge in [-0.2, -0.15) is 0 Å². The summed E-state index contributed by atoms with van der Waals surface area (Å²) in [5.41, 5.74) is 0.629. The third-order valence-electron chi connectivity index (χ3n) is 3.46. The molecule has 0 aliphatic rings. The molecule has 2 aromatic rings. The van der Waals surface area contributed by atoms with Crippen LogP contribution in [-0.2, 0) is 0 Å². The van der Waals surface area contributed by atoms with E-state index in [2.05, 4.69) is 0 Å². The Morgan fingerprint density at radius 3 is 2.30 bits per heavy atom. The van der Waals surface area contributed by atoms with Crippen LogP contribution in [0.15, 0.2) is 42.5 Å². The molecule has 2 atom stereocenters. The lowest BCUT2D eigenvalue weighted by Gasteiger charge is -2.15. The zero-order valence-corrected chi connectivity index (χ0v) is 10.9. The van der Waals surface area contributed by atoms with Crippen LogP contribution in [0.2, 0.25) is 0 Å². The molecule has 0 amide bonds. The highest BCUT2D eigenvalue weighted by Gasteiger charge is 2.32. The molecular weight excluding hydrogens is 260 g/mol. The van der Waals surface area contributed by atoms with Gasteiger partial charge < -0.3 is 0 Å². The monoisotopic (exact) mass is 274 g/mol. The number of rotatable bonds is 5. The maximum atomic E-state index is 10.9. The molecule has 20 heavy (non-hydrogen) atoms. The van der Waals surface area contributed by atoms with E-state index in [1.54, 1.807) is 12.1 Å². The highest BCUT2D eigenvalue weighted by Crippen LogP contribution is 2.25. The zero-order chi connectivity index (χ0) is 14.7. The van der Waals surface area contributed by atoms with Gasteiger partial charge in [0.1, 0.15) is 5.92 Å². The second-order valence-electron chi connectivity index (χ2n) is 4.75. The number of hydrogen-bond donors (Lipinski definition) is 0. The molecule has 104 valence electrons. The van der Waals surface area contributed by atoms with E-state index >= 15 is 0 Å². The van der Waals surface area contributed by atoms with Crippen molar-refractivity contribution in [3.8, 4) is 0 Å². The van der Waals surface area contributed by atoms with Gasteiger partial charge in [0.05, 0.1) is 0 Å². The van der Waals surface area contributed by atoms with Crippen molar-refractivity contribution < 1.29 is 9.85 Å². The van der Waals surface area contributed by atoms with Gasteiger partial charge in [-0.05, 0) is 16.3 Å². The van der Waals surface area contributed by atoms with Gasteiger partial charge in [-0.3, -0.25) is 20.2 Å². The molecule has 0 bridgehead atoms. The second-order valence-corrected chi connectivity index (χ2v) is 4.75. The first-order valence-electron chi connectivity index (χ1n) is 6.23. The molecule has 0 spiro atoms. The lowest BCUT2D eigenvalue weighted by Crippen LogP contribution is -2.29. The predicted molar refractivity (Wildman–Crippen MR) is 75.0 cm³/mol.